The molecule has 1 fully saturated rings. The molecule has 1 aliphatic heterocycles. The molecule has 0 aliphatic carbocycles. The standard InChI is InChI=1S/C18H21ClN4O3/c1-12-16(19)17(21(2)20-12)18(25)23-9-8-22(15(24)11-23)10-13-4-6-14(26-3)7-5-13/h4-7H,8-11H2,1-3H3. The molecule has 0 saturated carbocycles. The van der Waals surface area contributed by atoms with E-state index in [0.29, 0.717) is 36.0 Å². The largest absolute Gasteiger partial charge is 0.497 e. The van der Waals surface area contributed by atoms with Crippen molar-refractivity contribution in [3.8, 4) is 5.75 Å². The van der Waals surface area contributed by atoms with Gasteiger partial charge in [0, 0.05) is 26.7 Å². The lowest BCUT2D eigenvalue weighted by Gasteiger charge is -2.34. The van der Waals surface area contributed by atoms with E-state index in [1.807, 2.05) is 24.3 Å². The van der Waals surface area contributed by atoms with Gasteiger partial charge in [-0.25, -0.2) is 0 Å². The van der Waals surface area contributed by atoms with Crippen LogP contribution in [0.2, 0.25) is 5.02 Å². The number of carbonyl (C=O) groups excluding carboxylic acids is 2. The number of nitrogens with zero attached hydrogens (tertiary/aromatic N) is 4. The fraction of sp³-hybridized carbons (Fsp3) is 0.389. The topological polar surface area (TPSA) is 67.7 Å². The van der Waals surface area contributed by atoms with E-state index < -0.39 is 0 Å². The Morgan fingerprint density at radius 3 is 2.50 bits per heavy atom. The summed E-state index contributed by atoms with van der Waals surface area (Å²) in [5, 5.41) is 4.50. The molecule has 0 unspecified atom stereocenters. The average Bonchev–Trinajstić information content (AvgIpc) is 2.89. The summed E-state index contributed by atoms with van der Waals surface area (Å²) in [6, 6.07) is 7.60. The number of benzene rings is 1. The zero-order chi connectivity index (χ0) is 18.8. The average molecular weight is 377 g/mol. The van der Waals surface area contributed by atoms with Crippen LogP contribution < -0.4 is 4.74 Å². The molecule has 0 N–H and O–H groups in total. The van der Waals surface area contributed by atoms with E-state index in [-0.39, 0.29) is 18.4 Å². The molecule has 0 radical (unpaired) electrons. The number of carbonyl (C=O) groups is 2. The van der Waals surface area contributed by atoms with Gasteiger partial charge in [-0.05, 0) is 24.6 Å². The predicted octanol–water partition coefficient (Wildman–Crippen LogP) is 1.88. The summed E-state index contributed by atoms with van der Waals surface area (Å²) in [7, 11) is 3.29. The molecule has 8 heteroatoms. The van der Waals surface area contributed by atoms with Gasteiger partial charge in [-0.15, -0.1) is 0 Å². The first-order valence-corrected chi connectivity index (χ1v) is 8.67. The summed E-state index contributed by atoms with van der Waals surface area (Å²) in [6.07, 6.45) is 0. The van der Waals surface area contributed by atoms with Crippen LogP contribution in [-0.4, -0.2) is 58.1 Å². The Balaban J connectivity index is 1.66. The van der Waals surface area contributed by atoms with Gasteiger partial charge in [-0.1, -0.05) is 23.7 Å². The maximum Gasteiger partial charge on any atom is 0.274 e. The SMILES string of the molecule is COc1ccc(CN2CCN(C(=O)c3c(Cl)c(C)nn3C)CC2=O)cc1. The molecule has 1 saturated heterocycles. The number of rotatable bonds is 4. The van der Waals surface area contributed by atoms with Crippen molar-refractivity contribution in [3.63, 3.8) is 0 Å². The number of amides is 2. The number of halogens is 1. The molecule has 1 aromatic heterocycles. The molecular weight excluding hydrogens is 356 g/mol. The number of aromatic nitrogens is 2. The highest BCUT2D eigenvalue weighted by atomic mass is 35.5. The highest BCUT2D eigenvalue weighted by Crippen LogP contribution is 2.22. The Morgan fingerprint density at radius 2 is 1.96 bits per heavy atom. The summed E-state index contributed by atoms with van der Waals surface area (Å²) < 4.78 is 6.61. The Labute approximate surface area is 157 Å². The van der Waals surface area contributed by atoms with Gasteiger partial charge in [0.15, 0.2) is 0 Å². The molecule has 138 valence electrons. The minimum Gasteiger partial charge on any atom is -0.497 e. The Hall–Kier alpha value is -2.54. The van der Waals surface area contributed by atoms with Gasteiger partial charge in [-0.3, -0.25) is 14.3 Å². The van der Waals surface area contributed by atoms with Gasteiger partial charge >= 0.3 is 0 Å². The number of methoxy groups -OCH3 is 1. The van der Waals surface area contributed by atoms with E-state index in [1.54, 1.807) is 26.0 Å². The van der Waals surface area contributed by atoms with Crippen LogP contribution in [0.5, 0.6) is 5.75 Å². The summed E-state index contributed by atoms with van der Waals surface area (Å²) in [6.45, 7) is 3.23. The van der Waals surface area contributed by atoms with Gasteiger partial charge in [0.1, 0.15) is 18.0 Å². The molecule has 1 aromatic carbocycles. The quantitative estimate of drug-likeness (QED) is 0.817. The van der Waals surface area contributed by atoms with Crippen molar-refractivity contribution in [1.29, 1.82) is 0 Å². The maximum absolute atomic E-state index is 12.7. The second kappa shape index (κ2) is 7.37. The van der Waals surface area contributed by atoms with Gasteiger partial charge in [0.2, 0.25) is 5.91 Å². The molecular formula is C18H21ClN4O3. The van der Waals surface area contributed by atoms with Gasteiger partial charge in [0.25, 0.3) is 5.91 Å². The van der Waals surface area contributed by atoms with Gasteiger partial charge < -0.3 is 14.5 Å². The molecule has 2 heterocycles. The van der Waals surface area contributed by atoms with Gasteiger partial charge in [0.05, 0.1) is 17.8 Å². The highest BCUT2D eigenvalue weighted by Gasteiger charge is 2.30. The molecule has 0 bridgehead atoms. The highest BCUT2D eigenvalue weighted by molar-refractivity contribution is 6.34. The summed E-state index contributed by atoms with van der Waals surface area (Å²) in [5.41, 5.74) is 1.94. The summed E-state index contributed by atoms with van der Waals surface area (Å²) in [4.78, 5) is 28.5. The summed E-state index contributed by atoms with van der Waals surface area (Å²) >= 11 is 6.19. The van der Waals surface area contributed by atoms with E-state index in [9.17, 15) is 9.59 Å². The fourth-order valence-corrected chi connectivity index (χ4v) is 3.26. The van der Waals surface area contributed by atoms with Crippen LogP contribution in [0.4, 0.5) is 0 Å². The van der Waals surface area contributed by atoms with Crippen LogP contribution in [0.1, 0.15) is 21.7 Å². The van der Waals surface area contributed by atoms with E-state index >= 15 is 0 Å². The lowest BCUT2D eigenvalue weighted by Crippen LogP contribution is -2.52. The Morgan fingerprint density at radius 1 is 1.27 bits per heavy atom. The molecule has 0 spiro atoms. The molecule has 3 rings (SSSR count). The van der Waals surface area contributed by atoms with E-state index in [1.165, 1.54) is 9.58 Å². The normalized spacial score (nSPS) is 14.7. The van der Waals surface area contributed by atoms with Crippen LogP contribution in [-0.2, 0) is 18.4 Å². The van der Waals surface area contributed by atoms with Crippen LogP contribution in [0.15, 0.2) is 24.3 Å². The Bertz CT molecular complexity index is 832. The van der Waals surface area contributed by atoms with E-state index in [0.717, 1.165) is 11.3 Å². The van der Waals surface area contributed by atoms with Crippen molar-refractivity contribution in [2.24, 2.45) is 7.05 Å². The Kier molecular flexibility index (Phi) is 5.18. The number of hydrogen-bond donors (Lipinski definition) is 0. The number of hydrogen-bond acceptors (Lipinski definition) is 4. The molecule has 2 aromatic rings. The minimum atomic E-state index is -0.268. The van der Waals surface area contributed by atoms with E-state index in [2.05, 4.69) is 5.10 Å². The smallest absolute Gasteiger partial charge is 0.274 e. The molecule has 1 aliphatic rings. The van der Waals surface area contributed by atoms with Crippen molar-refractivity contribution in [2.45, 2.75) is 13.5 Å². The van der Waals surface area contributed by atoms with Crippen molar-refractivity contribution in [1.82, 2.24) is 19.6 Å². The molecule has 0 atom stereocenters. The fourth-order valence-electron chi connectivity index (χ4n) is 3.01. The van der Waals surface area contributed by atoms with Gasteiger partial charge in [-0.2, -0.15) is 5.10 Å². The third kappa shape index (κ3) is 3.53. The summed E-state index contributed by atoms with van der Waals surface area (Å²) in [5.74, 6) is 0.421. The number of ether oxygens (including phenoxy) is 1. The van der Waals surface area contributed by atoms with E-state index in [4.69, 9.17) is 16.3 Å². The zero-order valence-electron chi connectivity index (χ0n) is 15.0. The lowest BCUT2D eigenvalue weighted by molar-refractivity contribution is -0.135. The second-order valence-electron chi connectivity index (χ2n) is 6.26. The third-order valence-electron chi connectivity index (χ3n) is 4.49. The van der Waals surface area contributed by atoms with Crippen molar-refractivity contribution in [3.05, 3.63) is 46.2 Å². The first-order chi connectivity index (χ1) is 12.4. The van der Waals surface area contributed by atoms with Crippen LogP contribution in [0, 0.1) is 6.92 Å². The van der Waals surface area contributed by atoms with Crippen LogP contribution in [0.25, 0.3) is 0 Å². The monoisotopic (exact) mass is 376 g/mol. The predicted molar refractivity (Wildman–Crippen MR) is 97.3 cm³/mol. The number of piperazine rings is 1. The first-order valence-electron chi connectivity index (χ1n) is 8.29. The number of aryl methyl sites for hydroxylation is 2. The van der Waals surface area contributed by atoms with Crippen LogP contribution in [0.3, 0.4) is 0 Å². The minimum absolute atomic E-state index is 0.0372. The lowest BCUT2D eigenvalue weighted by atomic mass is 10.2. The van der Waals surface area contributed by atoms with Crippen molar-refractivity contribution >= 4 is 23.4 Å². The zero-order valence-corrected chi connectivity index (χ0v) is 15.8. The maximum atomic E-state index is 12.7. The van der Waals surface area contributed by atoms with Crippen molar-refractivity contribution in [2.75, 3.05) is 26.7 Å². The third-order valence-corrected chi connectivity index (χ3v) is 4.94. The first kappa shape index (κ1) is 18.3. The van der Waals surface area contributed by atoms with Crippen molar-refractivity contribution < 1.29 is 14.3 Å². The second-order valence-corrected chi connectivity index (χ2v) is 6.64. The molecule has 26 heavy (non-hydrogen) atoms. The molecule has 2 amide bonds. The van der Waals surface area contributed by atoms with Crippen LogP contribution >= 0.6 is 11.6 Å². The molecule has 7 nitrogen and oxygen atoms in total.